The number of pyridine rings is 1. The van der Waals surface area contributed by atoms with Gasteiger partial charge < -0.3 is 14.4 Å². The molecule has 0 bridgehead atoms. The fourth-order valence-corrected chi connectivity index (χ4v) is 2.45. The van der Waals surface area contributed by atoms with Gasteiger partial charge in [0.15, 0.2) is 11.4 Å². The Labute approximate surface area is 102 Å². The van der Waals surface area contributed by atoms with E-state index in [-0.39, 0.29) is 41.2 Å². The van der Waals surface area contributed by atoms with Gasteiger partial charge in [0.25, 0.3) is 5.56 Å². The van der Waals surface area contributed by atoms with Gasteiger partial charge in [0, 0.05) is 18.5 Å². The van der Waals surface area contributed by atoms with Gasteiger partial charge in [-0.3, -0.25) is 9.59 Å². The number of aromatic nitrogens is 1. The quantitative estimate of drug-likeness (QED) is 0.638. The molecule has 1 aromatic heterocycles. The summed E-state index contributed by atoms with van der Waals surface area (Å²) in [5.41, 5.74) is -1.54. The van der Waals surface area contributed by atoms with E-state index in [2.05, 4.69) is 0 Å². The summed E-state index contributed by atoms with van der Waals surface area (Å²) in [4.78, 5) is 35.3. The van der Waals surface area contributed by atoms with Crippen LogP contribution in [-0.4, -0.2) is 21.4 Å². The Hall–Kier alpha value is -1.95. The minimum absolute atomic E-state index is 0.148. The van der Waals surface area contributed by atoms with Crippen molar-refractivity contribution in [1.82, 2.24) is 4.57 Å². The number of cyclic esters (lactones) is 1. The van der Waals surface area contributed by atoms with Gasteiger partial charge in [-0.25, -0.2) is 4.79 Å². The summed E-state index contributed by atoms with van der Waals surface area (Å²) < 4.78 is 6.17. The largest absolute Gasteiger partial charge is 0.458 e. The first-order chi connectivity index (χ1) is 8.43. The van der Waals surface area contributed by atoms with Crippen molar-refractivity contribution in [3.8, 4) is 0 Å². The summed E-state index contributed by atoms with van der Waals surface area (Å²) in [6, 6.07) is 1.44. The standard InChI is InChI=1S/C12H11NO5/c1-12(17)7-4-8-9(14)2-3-13(8)10(15)6(7)5-18-11(12)16/h4,17H,2-3,5H2,1H3/t12-/m1/s1. The Kier molecular flexibility index (Phi) is 2.04. The van der Waals surface area contributed by atoms with Gasteiger partial charge in [0.2, 0.25) is 0 Å². The van der Waals surface area contributed by atoms with Crippen molar-refractivity contribution in [1.29, 1.82) is 0 Å². The number of rotatable bonds is 0. The average Bonchev–Trinajstić information content (AvgIpc) is 2.68. The van der Waals surface area contributed by atoms with E-state index in [9.17, 15) is 19.5 Å². The Morgan fingerprint density at radius 2 is 2.11 bits per heavy atom. The number of aliphatic hydroxyl groups is 1. The maximum atomic E-state index is 12.2. The molecule has 3 heterocycles. The van der Waals surface area contributed by atoms with Gasteiger partial charge in [0.05, 0.1) is 11.3 Å². The molecule has 0 spiro atoms. The first-order valence-corrected chi connectivity index (χ1v) is 5.63. The van der Waals surface area contributed by atoms with Gasteiger partial charge in [0.1, 0.15) is 6.61 Å². The zero-order valence-electron chi connectivity index (χ0n) is 9.73. The molecule has 1 N–H and O–H groups in total. The van der Waals surface area contributed by atoms with Crippen LogP contribution in [0.2, 0.25) is 0 Å². The van der Waals surface area contributed by atoms with Gasteiger partial charge in [-0.1, -0.05) is 0 Å². The number of hydrogen-bond acceptors (Lipinski definition) is 5. The third kappa shape index (κ3) is 1.23. The molecule has 3 rings (SSSR count). The molecule has 1 aromatic rings. The summed E-state index contributed by atoms with van der Waals surface area (Å²) >= 11 is 0. The Morgan fingerprint density at radius 1 is 1.39 bits per heavy atom. The molecule has 0 unspecified atom stereocenters. The second-order valence-electron chi connectivity index (χ2n) is 4.70. The lowest BCUT2D eigenvalue weighted by Gasteiger charge is -2.29. The predicted molar refractivity (Wildman–Crippen MR) is 59.0 cm³/mol. The van der Waals surface area contributed by atoms with Crippen molar-refractivity contribution in [2.75, 3.05) is 0 Å². The highest BCUT2D eigenvalue weighted by Crippen LogP contribution is 2.31. The molecule has 94 valence electrons. The van der Waals surface area contributed by atoms with Crippen molar-refractivity contribution in [3.05, 3.63) is 33.2 Å². The van der Waals surface area contributed by atoms with Crippen LogP contribution in [0.3, 0.4) is 0 Å². The molecule has 0 saturated heterocycles. The van der Waals surface area contributed by atoms with E-state index in [4.69, 9.17) is 4.74 Å². The van der Waals surface area contributed by atoms with E-state index < -0.39 is 11.6 Å². The summed E-state index contributed by atoms with van der Waals surface area (Å²) in [6.07, 6.45) is 0.273. The van der Waals surface area contributed by atoms with Crippen LogP contribution in [0.1, 0.15) is 35.0 Å². The Morgan fingerprint density at radius 3 is 2.83 bits per heavy atom. The number of ketones is 1. The molecule has 0 amide bonds. The number of Topliss-reactive ketones (excluding diaryl/α,β-unsaturated/α-hetero) is 1. The van der Waals surface area contributed by atoms with Crippen LogP contribution in [0, 0.1) is 0 Å². The van der Waals surface area contributed by atoms with Gasteiger partial charge in [-0.05, 0) is 13.0 Å². The SMILES string of the molecule is C[C@]1(O)C(=O)OCc2c1cc1n(c2=O)CCC1=O. The number of nitrogens with zero attached hydrogens (tertiary/aromatic N) is 1. The summed E-state index contributed by atoms with van der Waals surface area (Å²) in [7, 11) is 0. The molecular weight excluding hydrogens is 238 g/mol. The second kappa shape index (κ2) is 3.29. The molecule has 2 aliphatic heterocycles. The lowest BCUT2D eigenvalue weighted by Crippen LogP contribution is -2.42. The monoisotopic (exact) mass is 249 g/mol. The van der Waals surface area contributed by atoms with Crippen LogP contribution in [0.4, 0.5) is 0 Å². The normalized spacial score (nSPS) is 25.7. The van der Waals surface area contributed by atoms with Gasteiger partial charge in [-0.2, -0.15) is 0 Å². The number of fused-ring (bicyclic) bond motifs is 2. The molecular formula is C12H11NO5. The molecule has 2 aliphatic rings. The number of ether oxygens (including phenoxy) is 1. The van der Waals surface area contributed by atoms with E-state index in [1.54, 1.807) is 0 Å². The molecule has 0 saturated carbocycles. The van der Waals surface area contributed by atoms with Crippen LogP contribution < -0.4 is 5.56 Å². The smallest absolute Gasteiger partial charge is 0.342 e. The van der Waals surface area contributed by atoms with Crippen LogP contribution >= 0.6 is 0 Å². The average molecular weight is 249 g/mol. The first kappa shape index (κ1) is 11.2. The third-order valence-electron chi connectivity index (χ3n) is 3.52. The molecule has 0 radical (unpaired) electrons. The zero-order chi connectivity index (χ0) is 13.1. The fraction of sp³-hybridized carbons (Fsp3) is 0.417. The van der Waals surface area contributed by atoms with E-state index in [0.717, 1.165) is 0 Å². The van der Waals surface area contributed by atoms with Crippen LogP contribution in [-0.2, 0) is 28.3 Å². The number of esters is 1. The van der Waals surface area contributed by atoms with Crippen molar-refractivity contribution < 1.29 is 19.4 Å². The second-order valence-corrected chi connectivity index (χ2v) is 4.70. The Balaban J connectivity index is 2.35. The van der Waals surface area contributed by atoms with E-state index in [1.165, 1.54) is 17.6 Å². The summed E-state index contributed by atoms with van der Waals surface area (Å²) in [5, 5.41) is 10.1. The third-order valence-corrected chi connectivity index (χ3v) is 3.52. The highest BCUT2D eigenvalue weighted by atomic mass is 16.6. The molecule has 6 heteroatoms. The van der Waals surface area contributed by atoms with Crippen molar-refractivity contribution in [2.45, 2.75) is 32.1 Å². The van der Waals surface area contributed by atoms with Crippen molar-refractivity contribution in [2.24, 2.45) is 0 Å². The zero-order valence-corrected chi connectivity index (χ0v) is 9.73. The minimum Gasteiger partial charge on any atom is -0.458 e. The Bertz CT molecular complexity index is 641. The van der Waals surface area contributed by atoms with E-state index in [1.807, 2.05) is 0 Å². The van der Waals surface area contributed by atoms with Crippen LogP contribution in [0.5, 0.6) is 0 Å². The predicted octanol–water partition coefficient (Wildman–Crippen LogP) is -0.301. The minimum atomic E-state index is -1.87. The number of carbonyl (C=O) groups is 2. The molecule has 1 atom stereocenters. The molecule has 0 aliphatic carbocycles. The summed E-state index contributed by atoms with van der Waals surface area (Å²) in [6.45, 7) is 1.46. The summed E-state index contributed by atoms with van der Waals surface area (Å²) in [5.74, 6) is -0.950. The van der Waals surface area contributed by atoms with Crippen LogP contribution in [0.25, 0.3) is 0 Å². The number of carbonyl (C=O) groups excluding carboxylic acids is 2. The lowest BCUT2D eigenvalue weighted by atomic mass is 9.90. The molecule has 6 nitrogen and oxygen atoms in total. The van der Waals surface area contributed by atoms with Crippen molar-refractivity contribution in [3.63, 3.8) is 0 Å². The molecule has 0 aromatic carbocycles. The van der Waals surface area contributed by atoms with Gasteiger partial charge in [-0.15, -0.1) is 0 Å². The number of hydrogen-bond donors (Lipinski definition) is 1. The molecule has 0 fully saturated rings. The van der Waals surface area contributed by atoms with E-state index in [0.29, 0.717) is 6.54 Å². The highest BCUT2D eigenvalue weighted by Gasteiger charge is 2.42. The maximum absolute atomic E-state index is 12.2. The van der Waals surface area contributed by atoms with Gasteiger partial charge >= 0.3 is 5.97 Å². The van der Waals surface area contributed by atoms with E-state index >= 15 is 0 Å². The maximum Gasteiger partial charge on any atom is 0.342 e. The fourth-order valence-electron chi connectivity index (χ4n) is 2.45. The molecule has 18 heavy (non-hydrogen) atoms. The van der Waals surface area contributed by atoms with Crippen LogP contribution in [0.15, 0.2) is 10.9 Å². The first-order valence-electron chi connectivity index (χ1n) is 5.63. The van der Waals surface area contributed by atoms with Crippen molar-refractivity contribution >= 4 is 11.8 Å². The topological polar surface area (TPSA) is 85.6 Å². The lowest BCUT2D eigenvalue weighted by molar-refractivity contribution is -0.169. The highest BCUT2D eigenvalue weighted by molar-refractivity contribution is 5.97.